The Morgan fingerprint density at radius 1 is 0.679 bits per heavy atom. The van der Waals surface area contributed by atoms with Gasteiger partial charge in [-0.2, -0.15) is 9.78 Å². The van der Waals surface area contributed by atoms with Crippen LogP contribution in [0.15, 0.2) is 0 Å². The van der Waals surface area contributed by atoms with Crippen LogP contribution in [-0.4, -0.2) is 34.4 Å². The maximum atomic E-state index is 11.8. The molecule has 0 spiro atoms. The van der Waals surface area contributed by atoms with Crippen molar-refractivity contribution in [3.8, 4) is 0 Å². The molecule has 0 saturated heterocycles. The third-order valence-electron chi connectivity index (χ3n) is 3.52. The van der Waals surface area contributed by atoms with E-state index in [-0.39, 0.29) is 36.5 Å². The zero-order chi connectivity index (χ0) is 22.4. The van der Waals surface area contributed by atoms with Crippen molar-refractivity contribution in [2.75, 3.05) is 0 Å². The van der Waals surface area contributed by atoms with Crippen molar-refractivity contribution in [3.05, 3.63) is 0 Å². The van der Waals surface area contributed by atoms with Gasteiger partial charge in [0.1, 0.15) is 11.2 Å². The summed E-state index contributed by atoms with van der Waals surface area (Å²) in [5.74, 6) is -0.908. The van der Waals surface area contributed by atoms with E-state index < -0.39 is 29.2 Å². The van der Waals surface area contributed by atoms with Gasteiger partial charge in [0.15, 0.2) is 0 Å². The third kappa shape index (κ3) is 14.8. The Hall–Kier alpha value is -1.18. The van der Waals surface area contributed by atoms with Crippen molar-refractivity contribution in [3.63, 3.8) is 0 Å². The highest BCUT2D eigenvalue weighted by Crippen LogP contribution is 2.26. The van der Waals surface area contributed by atoms with Gasteiger partial charge >= 0.3 is 11.9 Å². The first kappa shape index (κ1) is 26.8. The fourth-order valence-electron chi connectivity index (χ4n) is 2.52. The van der Waals surface area contributed by atoms with Crippen molar-refractivity contribution in [2.45, 2.75) is 112 Å². The SMILES string of the molecule is CC(C)(C)CC(=O)OOC(C)(C)CC(O)CC(C)(C)OOC(=O)CC(C)(C)C. The Morgan fingerprint density at radius 3 is 1.21 bits per heavy atom. The highest BCUT2D eigenvalue weighted by atomic mass is 17.2. The molecule has 0 aliphatic heterocycles. The van der Waals surface area contributed by atoms with E-state index in [2.05, 4.69) is 0 Å². The van der Waals surface area contributed by atoms with Gasteiger partial charge in [0.25, 0.3) is 0 Å². The van der Waals surface area contributed by atoms with E-state index in [0.29, 0.717) is 0 Å². The van der Waals surface area contributed by atoms with Crippen LogP contribution in [0.1, 0.15) is 94.9 Å². The molecule has 0 fully saturated rings. The first-order valence-corrected chi connectivity index (χ1v) is 9.75. The van der Waals surface area contributed by atoms with Gasteiger partial charge in [-0.05, 0) is 38.5 Å². The molecular formula is C21H40O7. The maximum absolute atomic E-state index is 11.8. The molecule has 0 heterocycles. The number of aliphatic hydroxyl groups excluding tert-OH is 1. The van der Waals surface area contributed by atoms with E-state index in [0.717, 1.165) is 0 Å². The van der Waals surface area contributed by atoms with Crippen molar-refractivity contribution >= 4 is 11.9 Å². The standard InChI is InChI=1S/C21H40O7/c1-18(2,3)13-16(23)25-27-20(7,8)11-15(22)12-21(9,10)28-26-17(24)14-19(4,5)6/h15,22H,11-14H2,1-10H3. The molecule has 0 aromatic heterocycles. The number of aliphatic hydroxyl groups is 1. The summed E-state index contributed by atoms with van der Waals surface area (Å²) in [6.45, 7) is 18.5. The van der Waals surface area contributed by atoms with Crippen LogP contribution in [0.25, 0.3) is 0 Å². The summed E-state index contributed by atoms with van der Waals surface area (Å²) < 4.78 is 0. The topological polar surface area (TPSA) is 91.3 Å². The summed E-state index contributed by atoms with van der Waals surface area (Å²) in [4.78, 5) is 43.8. The van der Waals surface area contributed by atoms with Gasteiger partial charge in [0, 0.05) is 12.8 Å². The van der Waals surface area contributed by atoms with Crippen molar-refractivity contribution < 1.29 is 34.2 Å². The van der Waals surface area contributed by atoms with Crippen molar-refractivity contribution in [1.29, 1.82) is 0 Å². The van der Waals surface area contributed by atoms with Gasteiger partial charge in [-0.1, -0.05) is 41.5 Å². The van der Waals surface area contributed by atoms with Crippen LogP contribution in [0.4, 0.5) is 0 Å². The average Bonchev–Trinajstić information content (AvgIpc) is 2.38. The predicted octanol–water partition coefficient (Wildman–Crippen LogP) is 4.51. The smallest absolute Gasteiger partial charge is 0.342 e. The van der Waals surface area contributed by atoms with Crippen LogP contribution in [0, 0.1) is 10.8 Å². The van der Waals surface area contributed by atoms with Gasteiger partial charge in [-0.25, -0.2) is 9.59 Å². The minimum Gasteiger partial charge on any atom is -0.393 e. The first-order chi connectivity index (χ1) is 12.3. The van der Waals surface area contributed by atoms with E-state index in [9.17, 15) is 14.7 Å². The Labute approximate surface area is 169 Å². The Bertz CT molecular complexity index is 464. The van der Waals surface area contributed by atoms with Gasteiger partial charge in [0.2, 0.25) is 0 Å². The van der Waals surface area contributed by atoms with Crippen LogP contribution in [0.5, 0.6) is 0 Å². The lowest BCUT2D eigenvalue weighted by atomic mass is 9.92. The molecule has 7 heteroatoms. The molecule has 0 aromatic carbocycles. The molecule has 0 aliphatic rings. The summed E-state index contributed by atoms with van der Waals surface area (Å²) in [5, 5.41) is 10.4. The Balaban J connectivity index is 4.45. The molecule has 1 N–H and O–H groups in total. The first-order valence-electron chi connectivity index (χ1n) is 9.75. The molecule has 0 rings (SSSR count). The molecular weight excluding hydrogens is 364 g/mol. The van der Waals surface area contributed by atoms with Crippen LogP contribution >= 0.6 is 0 Å². The summed E-state index contributed by atoms with van der Waals surface area (Å²) in [6.07, 6.45) is 0.0586. The second kappa shape index (κ2) is 10.0. The van der Waals surface area contributed by atoms with E-state index in [1.165, 1.54) is 0 Å². The summed E-state index contributed by atoms with van der Waals surface area (Å²) >= 11 is 0. The zero-order valence-electron chi connectivity index (χ0n) is 19.3. The number of carbonyl (C=O) groups excluding carboxylic acids is 2. The van der Waals surface area contributed by atoms with Gasteiger partial charge in [-0.15, -0.1) is 0 Å². The molecule has 0 bridgehead atoms. The number of hydrogen-bond acceptors (Lipinski definition) is 7. The van der Waals surface area contributed by atoms with Crippen LogP contribution in [0.3, 0.4) is 0 Å². The molecule has 0 amide bonds. The molecule has 0 radical (unpaired) electrons. The molecule has 166 valence electrons. The number of hydrogen-bond donors (Lipinski definition) is 1. The zero-order valence-corrected chi connectivity index (χ0v) is 19.3. The molecule has 0 unspecified atom stereocenters. The minimum absolute atomic E-state index is 0.199. The second-order valence-electron chi connectivity index (χ2n) is 11.1. The van der Waals surface area contributed by atoms with Gasteiger partial charge < -0.3 is 5.11 Å². The predicted molar refractivity (Wildman–Crippen MR) is 106 cm³/mol. The lowest BCUT2D eigenvalue weighted by molar-refractivity contribution is -0.338. The molecule has 0 saturated carbocycles. The van der Waals surface area contributed by atoms with Crippen LogP contribution < -0.4 is 0 Å². The van der Waals surface area contributed by atoms with Crippen molar-refractivity contribution in [2.24, 2.45) is 10.8 Å². The summed E-state index contributed by atoms with van der Waals surface area (Å²) in [5.41, 5.74) is -2.16. The largest absolute Gasteiger partial charge is 0.393 e. The maximum Gasteiger partial charge on any atom is 0.342 e. The number of carbonyl (C=O) groups is 2. The van der Waals surface area contributed by atoms with Gasteiger partial charge in [-0.3, -0.25) is 9.78 Å². The summed E-state index contributed by atoms with van der Waals surface area (Å²) in [7, 11) is 0. The Morgan fingerprint density at radius 2 is 0.964 bits per heavy atom. The lowest BCUT2D eigenvalue weighted by Gasteiger charge is -2.30. The fraction of sp³-hybridized carbons (Fsp3) is 0.905. The third-order valence-corrected chi connectivity index (χ3v) is 3.52. The lowest BCUT2D eigenvalue weighted by Crippen LogP contribution is -2.37. The molecule has 7 nitrogen and oxygen atoms in total. The van der Waals surface area contributed by atoms with E-state index in [4.69, 9.17) is 19.6 Å². The summed E-state index contributed by atoms with van der Waals surface area (Å²) in [6, 6.07) is 0. The highest BCUT2D eigenvalue weighted by molar-refractivity contribution is 5.69. The molecule has 0 atom stereocenters. The van der Waals surface area contributed by atoms with E-state index >= 15 is 0 Å². The minimum atomic E-state index is -0.883. The normalized spacial score (nSPS) is 13.6. The van der Waals surface area contributed by atoms with Gasteiger partial charge in [0.05, 0.1) is 18.9 Å². The van der Waals surface area contributed by atoms with E-state index in [1.54, 1.807) is 27.7 Å². The monoisotopic (exact) mass is 404 g/mol. The van der Waals surface area contributed by atoms with Crippen LogP contribution in [-0.2, 0) is 29.1 Å². The Kier molecular flexibility index (Phi) is 9.61. The molecule has 0 aliphatic carbocycles. The fourth-order valence-corrected chi connectivity index (χ4v) is 2.52. The average molecular weight is 405 g/mol. The van der Waals surface area contributed by atoms with Crippen LogP contribution in [0.2, 0.25) is 0 Å². The van der Waals surface area contributed by atoms with E-state index in [1.807, 2.05) is 41.5 Å². The quantitative estimate of drug-likeness (QED) is 0.423. The number of rotatable bonds is 10. The highest BCUT2D eigenvalue weighted by Gasteiger charge is 2.32. The molecule has 0 aromatic rings. The molecule has 28 heavy (non-hydrogen) atoms. The second-order valence-corrected chi connectivity index (χ2v) is 11.1. The van der Waals surface area contributed by atoms with Crippen molar-refractivity contribution in [1.82, 2.24) is 0 Å².